The predicted octanol–water partition coefficient (Wildman–Crippen LogP) is 6.36. The van der Waals surface area contributed by atoms with Gasteiger partial charge < -0.3 is 19.1 Å². The number of hydrogen-bond donors (Lipinski definition) is 1. The van der Waals surface area contributed by atoms with Gasteiger partial charge in [0.2, 0.25) is 0 Å². The first kappa shape index (κ1) is 25.5. The maximum atomic E-state index is 11.6. The number of halogens is 2. The Kier molecular flexibility index (Phi) is 6.79. The summed E-state index contributed by atoms with van der Waals surface area (Å²) >= 11 is 13.2. The Morgan fingerprint density at radius 1 is 1.24 bits per heavy atom. The van der Waals surface area contributed by atoms with Gasteiger partial charge in [-0.3, -0.25) is 4.90 Å². The van der Waals surface area contributed by atoms with Crippen LogP contribution in [-0.2, 0) is 13.5 Å². The highest BCUT2D eigenvalue weighted by Gasteiger charge is 2.34. The molecule has 9 heteroatoms. The summed E-state index contributed by atoms with van der Waals surface area (Å²) in [5.41, 5.74) is 5.22. The third kappa shape index (κ3) is 4.65. The standard InChI is InChI=1S/C29H32Cl2N4O3/c1-17-15-34(12-13-35(17)19-8-9-20-22(29(36)37)16-33(2)25(20)14-19)11-10-21-27(32-38-28(21)18-6-7-18)26-23(30)4-3-5-24(26)31/h4,8-9,14,16-18H,3,5-7,10-13,15H2,1-2H3,(H,36,37). The molecule has 2 fully saturated rings. The zero-order valence-electron chi connectivity index (χ0n) is 21.7. The second-order valence-electron chi connectivity index (χ2n) is 10.8. The summed E-state index contributed by atoms with van der Waals surface area (Å²) in [5, 5.41) is 16.2. The minimum Gasteiger partial charge on any atom is -0.478 e. The van der Waals surface area contributed by atoms with Crippen molar-refractivity contribution in [3.8, 4) is 0 Å². The average molecular weight is 556 g/mol. The number of benzene rings is 1. The van der Waals surface area contributed by atoms with Gasteiger partial charge in [0.15, 0.2) is 0 Å². The van der Waals surface area contributed by atoms with Crippen LogP contribution in [0.3, 0.4) is 0 Å². The number of carboxylic acids is 1. The van der Waals surface area contributed by atoms with Gasteiger partial charge in [-0.2, -0.15) is 0 Å². The SMILES string of the molecule is CC1CN(CCc2c(C3=C(Cl)CCC=C3Cl)noc2C2CC2)CCN1c1ccc2c(C(=O)O)cn(C)c2c1. The number of piperazine rings is 1. The van der Waals surface area contributed by atoms with Crippen LogP contribution < -0.4 is 4.90 Å². The number of aromatic carboxylic acids is 1. The van der Waals surface area contributed by atoms with Crippen molar-refractivity contribution in [2.45, 2.75) is 51.0 Å². The highest BCUT2D eigenvalue weighted by atomic mass is 35.5. The first-order valence-corrected chi connectivity index (χ1v) is 14.1. The van der Waals surface area contributed by atoms with Gasteiger partial charge in [0, 0.05) is 83.7 Å². The second kappa shape index (κ2) is 10.1. The Bertz CT molecular complexity index is 1470. The van der Waals surface area contributed by atoms with Crippen LogP contribution in [0.2, 0.25) is 0 Å². The van der Waals surface area contributed by atoms with Crippen molar-refractivity contribution >= 4 is 51.3 Å². The highest BCUT2D eigenvalue weighted by Crippen LogP contribution is 2.46. The first-order valence-electron chi connectivity index (χ1n) is 13.4. The molecule has 38 heavy (non-hydrogen) atoms. The van der Waals surface area contributed by atoms with Crippen LogP contribution in [0.1, 0.15) is 65.9 Å². The van der Waals surface area contributed by atoms with Gasteiger partial charge in [0.1, 0.15) is 11.5 Å². The number of allylic oxidation sites excluding steroid dienone is 4. The fourth-order valence-corrected chi connectivity index (χ4v) is 6.62. The van der Waals surface area contributed by atoms with Crippen molar-refractivity contribution in [3.05, 3.63) is 63.1 Å². The fourth-order valence-electron chi connectivity index (χ4n) is 5.96. The quantitative estimate of drug-likeness (QED) is 0.366. The lowest BCUT2D eigenvalue weighted by molar-refractivity contribution is 0.0699. The number of carboxylic acid groups (broad SMARTS) is 1. The van der Waals surface area contributed by atoms with Crippen LogP contribution in [0.4, 0.5) is 5.69 Å². The monoisotopic (exact) mass is 554 g/mol. The topological polar surface area (TPSA) is 74.7 Å². The second-order valence-corrected chi connectivity index (χ2v) is 11.6. The molecule has 1 atom stereocenters. The third-order valence-corrected chi connectivity index (χ3v) is 8.85. The zero-order valence-corrected chi connectivity index (χ0v) is 23.2. The number of rotatable bonds is 7. The lowest BCUT2D eigenvalue weighted by atomic mass is 9.97. The molecule has 1 aliphatic heterocycles. The lowest BCUT2D eigenvalue weighted by Crippen LogP contribution is -2.52. The van der Waals surface area contributed by atoms with E-state index in [1.54, 1.807) is 6.20 Å². The molecule has 1 N–H and O–H groups in total. The van der Waals surface area contributed by atoms with Crippen molar-refractivity contribution in [2.75, 3.05) is 31.1 Å². The van der Waals surface area contributed by atoms with E-state index in [1.807, 2.05) is 29.8 Å². The summed E-state index contributed by atoms with van der Waals surface area (Å²) in [4.78, 5) is 16.5. The molecule has 0 radical (unpaired) electrons. The molecule has 1 saturated carbocycles. The van der Waals surface area contributed by atoms with Crippen molar-refractivity contribution in [1.82, 2.24) is 14.6 Å². The van der Waals surface area contributed by atoms with Gasteiger partial charge in [0.05, 0.1) is 11.1 Å². The zero-order chi connectivity index (χ0) is 26.6. The molecule has 2 aliphatic carbocycles. The lowest BCUT2D eigenvalue weighted by Gasteiger charge is -2.41. The van der Waals surface area contributed by atoms with Gasteiger partial charge in [-0.05, 0) is 57.2 Å². The Hall–Kier alpha value is -2.74. The Morgan fingerprint density at radius 2 is 2.05 bits per heavy atom. The van der Waals surface area contributed by atoms with Crippen LogP contribution >= 0.6 is 23.2 Å². The van der Waals surface area contributed by atoms with E-state index in [0.717, 1.165) is 102 Å². The normalized spacial score (nSPS) is 20.9. The molecule has 6 rings (SSSR count). The van der Waals surface area contributed by atoms with Crippen molar-refractivity contribution in [1.29, 1.82) is 0 Å². The minimum atomic E-state index is -0.897. The summed E-state index contributed by atoms with van der Waals surface area (Å²) in [5.74, 6) is 0.573. The number of aromatic nitrogens is 2. The van der Waals surface area contributed by atoms with E-state index in [-0.39, 0.29) is 0 Å². The van der Waals surface area contributed by atoms with E-state index in [0.29, 0.717) is 22.6 Å². The number of anilines is 1. The highest BCUT2D eigenvalue weighted by molar-refractivity contribution is 6.42. The van der Waals surface area contributed by atoms with Gasteiger partial charge in [0.25, 0.3) is 0 Å². The molecule has 1 aromatic carbocycles. The summed E-state index contributed by atoms with van der Waals surface area (Å²) in [6, 6.07) is 6.41. The molecule has 1 unspecified atom stereocenters. The molecule has 3 aromatic rings. The predicted molar refractivity (Wildman–Crippen MR) is 151 cm³/mol. The van der Waals surface area contributed by atoms with E-state index in [1.165, 1.54) is 0 Å². The maximum absolute atomic E-state index is 11.6. The van der Waals surface area contributed by atoms with E-state index in [9.17, 15) is 9.90 Å². The largest absolute Gasteiger partial charge is 0.478 e. The van der Waals surface area contributed by atoms with Crippen LogP contribution in [0.5, 0.6) is 0 Å². The van der Waals surface area contributed by atoms with Gasteiger partial charge in [-0.15, -0.1) is 0 Å². The maximum Gasteiger partial charge on any atom is 0.337 e. The molecule has 0 bridgehead atoms. The number of fused-ring (bicyclic) bond motifs is 1. The molecular weight excluding hydrogens is 523 g/mol. The van der Waals surface area contributed by atoms with E-state index in [4.69, 9.17) is 27.7 Å². The summed E-state index contributed by atoms with van der Waals surface area (Å²) in [6.07, 6.45) is 8.48. The number of nitrogens with zero attached hydrogens (tertiary/aromatic N) is 4. The van der Waals surface area contributed by atoms with Crippen LogP contribution in [-0.4, -0.2) is 57.9 Å². The number of hydrogen-bond acceptors (Lipinski definition) is 5. The number of carbonyl (C=O) groups is 1. The van der Waals surface area contributed by atoms with Crippen molar-refractivity contribution < 1.29 is 14.4 Å². The number of aryl methyl sites for hydroxylation is 1. The van der Waals surface area contributed by atoms with Crippen molar-refractivity contribution in [2.24, 2.45) is 7.05 Å². The summed E-state index contributed by atoms with van der Waals surface area (Å²) in [7, 11) is 1.90. The molecule has 200 valence electrons. The summed E-state index contributed by atoms with van der Waals surface area (Å²) < 4.78 is 7.77. The van der Waals surface area contributed by atoms with E-state index < -0.39 is 5.97 Å². The molecule has 2 aromatic heterocycles. The summed E-state index contributed by atoms with van der Waals surface area (Å²) in [6.45, 7) is 5.95. The Morgan fingerprint density at radius 3 is 2.76 bits per heavy atom. The van der Waals surface area contributed by atoms with Crippen LogP contribution in [0.25, 0.3) is 16.5 Å². The molecule has 1 saturated heterocycles. The molecule has 0 amide bonds. The first-order chi connectivity index (χ1) is 18.3. The van der Waals surface area contributed by atoms with E-state index >= 15 is 0 Å². The van der Waals surface area contributed by atoms with Gasteiger partial charge in [-0.1, -0.05) is 34.4 Å². The van der Waals surface area contributed by atoms with Crippen molar-refractivity contribution in [3.63, 3.8) is 0 Å². The van der Waals surface area contributed by atoms with Gasteiger partial charge >= 0.3 is 5.97 Å². The fraction of sp³-hybridized carbons (Fsp3) is 0.448. The Labute approximate surface area is 232 Å². The smallest absolute Gasteiger partial charge is 0.337 e. The van der Waals surface area contributed by atoms with Gasteiger partial charge in [-0.25, -0.2) is 4.79 Å². The minimum absolute atomic E-state index is 0.318. The van der Waals surface area contributed by atoms with E-state index in [2.05, 4.69) is 27.9 Å². The third-order valence-electron chi connectivity index (χ3n) is 8.13. The molecule has 3 aliphatic rings. The average Bonchev–Trinajstić information content (AvgIpc) is 3.57. The Balaban J connectivity index is 1.17. The molecular formula is C29H32Cl2N4O3. The van der Waals surface area contributed by atoms with Crippen LogP contribution in [0.15, 0.2) is 45.1 Å². The molecule has 0 spiro atoms. The molecule has 7 nitrogen and oxygen atoms in total. The van der Waals surface area contributed by atoms with Crippen LogP contribution in [0, 0.1) is 0 Å². The molecule has 3 heterocycles.